The first kappa shape index (κ1) is 29.9. The molecule has 0 aliphatic heterocycles. The van der Waals surface area contributed by atoms with Gasteiger partial charge in [0, 0.05) is 17.0 Å². The second-order valence-corrected chi connectivity index (χ2v) is 17.2. The zero-order chi connectivity index (χ0) is 29.9. The molecule has 0 spiro atoms. The lowest BCUT2D eigenvalue weighted by atomic mass is 9.44. The summed E-state index contributed by atoms with van der Waals surface area (Å²) >= 11 is 8.43. The third-order valence-corrected chi connectivity index (χ3v) is 14.1. The van der Waals surface area contributed by atoms with Gasteiger partial charge in [0.15, 0.2) is 10.5 Å². The van der Waals surface area contributed by atoms with Gasteiger partial charge in [0.1, 0.15) is 0 Å². The van der Waals surface area contributed by atoms with E-state index in [0.29, 0.717) is 17.0 Å². The molecule has 5 nitrogen and oxygen atoms in total. The lowest BCUT2D eigenvalue weighted by Gasteiger charge is -2.61. The van der Waals surface area contributed by atoms with Gasteiger partial charge in [-0.15, -0.1) is 11.6 Å². The van der Waals surface area contributed by atoms with Crippen molar-refractivity contribution in [3.8, 4) is 0 Å². The smallest absolute Gasteiger partial charge is 0.207 e. The van der Waals surface area contributed by atoms with Crippen LogP contribution in [0.4, 0.5) is 5.13 Å². The highest BCUT2D eigenvalue weighted by atomic mass is 35.5. The second-order valence-electron chi connectivity index (χ2n) is 15.6. The summed E-state index contributed by atoms with van der Waals surface area (Å²) in [6.07, 6.45) is 14.3. The largest absolute Gasteiger partial charge is 0.253 e. The number of hydrogen-bond donors (Lipinski definition) is 1. The van der Waals surface area contributed by atoms with Crippen LogP contribution in [-0.2, 0) is 0 Å². The number of halogens is 1. The van der Waals surface area contributed by atoms with Gasteiger partial charge in [0.2, 0.25) is 5.13 Å². The SMILES string of the molecule is CC(C)CCC[C@@H](C)[C@H]1CC[C@H]2[C@@H]3C/C(=N\Nc4nc5nc6ccccc6nc5s4)[C@H]4C[C@@H](Cl)CC[C@]4(C)[C@H]3CC[C@]12C. The van der Waals surface area contributed by atoms with E-state index in [4.69, 9.17) is 31.7 Å². The second kappa shape index (κ2) is 11.5. The molecule has 1 N–H and O–H groups in total. The van der Waals surface area contributed by atoms with E-state index in [2.05, 4.69) is 40.0 Å². The van der Waals surface area contributed by atoms with Crippen LogP contribution in [0.2, 0.25) is 0 Å². The molecule has 3 aromatic rings. The molecular weight excluding hydrogens is 570 g/mol. The Bertz CT molecular complexity index is 1450. The molecule has 9 atom stereocenters. The third kappa shape index (κ3) is 5.30. The van der Waals surface area contributed by atoms with Gasteiger partial charge in [-0.2, -0.15) is 10.1 Å². The fourth-order valence-corrected chi connectivity index (χ4v) is 11.7. The Morgan fingerprint density at radius 3 is 2.49 bits per heavy atom. The summed E-state index contributed by atoms with van der Waals surface area (Å²) in [6, 6.07) is 8.01. The minimum Gasteiger partial charge on any atom is -0.253 e. The van der Waals surface area contributed by atoms with E-state index in [1.54, 1.807) is 11.3 Å². The van der Waals surface area contributed by atoms with E-state index in [1.807, 2.05) is 24.3 Å². The summed E-state index contributed by atoms with van der Waals surface area (Å²) < 4.78 is 0. The minimum absolute atomic E-state index is 0.250. The fraction of sp³-hybridized carbons (Fsp3) is 0.722. The molecule has 0 bridgehead atoms. The average molecular weight is 620 g/mol. The Morgan fingerprint density at radius 2 is 1.70 bits per heavy atom. The van der Waals surface area contributed by atoms with Crippen molar-refractivity contribution < 1.29 is 0 Å². The highest BCUT2D eigenvalue weighted by Gasteiger charge is 2.62. The van der Waals surface area contributed by atoms with Crippen LogP contribution in [0.1, 0.15) is 105 Å². The summed E-state index contributed by atoms with van der Waals surface area (Å²) in [5, 5.41) is 6.25. The van der Waals surface area contributed by atoms with E-state index in [-0.39, 0.29) is 10.8 Å². The quantitative estimate of drug-likeness (QED) is 0.211. The third-order valence-electron chi connectivity index (χ3n) is 12.8. The molecule has 4 saturated carbocycles. The maximum Gasteiger partial charge on any atom is 0.207 e. The van der Waals surface area contributed by atoms with Crippen LogP contribution in [0, 0.1) is 52.3 Å². The molecule has 0 radical (unpaired) electrons. The number of benzene rings is 1. The molecule has 232 valence electrons. The van der Waals surface area contributed by atoms with Gasteiger partial charge in [-0.1, -0.05) is 77.4 Å². The first-order chi connectivity index (χ1) is 20.7. The number of nitrogens with one attached hydrogen (secondary N) is 1. The van der Waals surface area contributed by atoms with Crippen LogP contribution >= 0.6 is 22.9 Å². The summed E-state index contributed by atoms with van der Waals surface area (Å²) in [5.74, 6) is 5.28. The van der Waals surface area contributed by atoms with E-state index in [0.717, 1.165) is 75.8 Å². The average Bonchev–Trinajstić information content (AvgIpc) is 3.54. The number of fused-ring (bicyclic) bond motifs is 7. The summed E-state index contributed by atoms with van der Waals surface area (Å²) in [5.41, 5.74) is 8.00. The van der Waals surface area contributed by atoms with E-state index in [1.165, 1.54) is 57.1 Å². The number of thiazole rings is 1. The highest BCUT2D eigenvalue weighted by molar-refractivity contribution is 7.21. The molecular formula is C36H50ClN5S. The minimum atomic E-state index is 0.250. The van der Waals surface area contributed by atoms with Crippen molar-refractivity contribution in [1.29, 1.82) is 0 Å². The molecule has 2 heterocycles. The van der Waals surface area contributed by atoms with Crippen molar-refractivity contribution in [2.45, 2.75) is 111 Å². The molecule has 7 rings (SSSR count). The molecule has 0 amide bonds. The number of alkyl halides is 1. The van der Waals surface area contributed by atoms with E-state index < -0.39 is 0 Å². The first-order valence-corrected chi connectivity index (χ1v) is 18.4. The van der Waals surface area contributed by atoms with Crippen molar-refractivity contribution in [3.05, 3.63) is 24.3 Å². The molecule has 4 fully saturated rings. The van der Waals surface area contributed by atoms with Gasteiger partial charge in [0.25, 0.3) is 0 Å². The topological polar surface area (TPSA) is 63.1 Å². The van der Waals surface area contributed by atoms with Crippen molar-refractivity contribution in [3.63, 3.8) is 0 Å². The summed E-state index contributed by atoms with van der Waals surface area (Å²) in [4.78, 5) is 15.2. The Hall–Kier alpha value is -1.79. The Kier molecular flexibility index (Phi) is 8.02. The Balaban J connectivity index is 1.16. The van der Waals surface area contributed by atoms with Gasteiger partial charge < -0.3 is 0 Å². The fourth-order valence-electron chi connectivity index (χ4n) is 10.7. The standard InChI is InChI=1S/C36H50ClN5S/c1-21(2)9-8-10-22(3)25-13-14-26-24-20-31(28-19-23(37)15-17-36(28,5)27(24)16-18-35(25,26)4)41-42-34-40-32-33(43-34)39-30-12-7-6-11-29(30)38-32/h6-7,11-12,21-28H,8-10,13-20H2,1-5H3,(H,38,40,42)/b41-31+/t22-,23+,24+,25-,26+,27+,28-,35-,36-/m1/s1. The first-order valence-electron chi connectivity index (χ1n) is 17.2. The number of para-hydroxylation sites is 2. The Labute approximate surface area is 267 Å². The van der Waals surface area contributed by atoms with Crippen LogP contribution in [-0.4, -0.2) is 26.0 Å². The molecule has 43 heavy (non-hydrogen) atoms. The van der Waals surface area contributed by atoms with Gasteiger partial charge in [-0.3, -0.25) is 5.43 Å². The predicted molar refractivity (Wildman–Crippen MR) is 182 cm³/mol. The van der Waals surface area contributed by atoms with Gasteiger partial charge >= 0.3 is 0 Å². The normalized spacial score (nSPS) is 37.4. The lowest BCUT2D eigenvalue weighted by Crippen LogP contribution is -2.57. The predicted octanol–water partition coefficient (Wildman–Crippen LogP) is 10.3. The monoisotopic (exact) mass is 619 g/mol. The Morgan fingerprint density at radius 1 is 0.953 bits per heavy atom. The van der Waals surface area contributed by atoms with Gasteiger partial charge in [-0.05, 0) is 110 Å². The highest BCUT2D eigenvalue weighted by Crippen LogP contribution is 2.68. The molecule has 0 unspecified atom stereocenters. The van der Waals surface area contributed by atoms with Crippen LogP contribution in [0.5, 0.6) is 0 Å². The van der Waals surface area contributed by atoms with Crippen LogP contribution in [0.3, 0.4) is 0 Å². The maximum absolute atomic E-state index is 6.88. The van der Waals surface area contributed by atoms with Gasteiger partial charge in [0.05, 0.1) is 11.0 Å². The number of hydrazone groups is 1. The number of anilines is 1. The molecule has 1 aromatic carbocycles. The lowest BCUT2D eigenvalue weighted by molar-refractivity contribution is -0.0793. The number of hydrogen-bond acceptors (Lipinski definition) is 6. The number of nitrogens with zero attached hydrogens (tertiary/aromatic N) is 4. The van der Waals surface area contributed by atoms with Crippen molar-refractivity contribution in [1.82, 2.24) is 15.0 Å². The van der Waals surface area contributed by atoms with Crippen molar-refractivity contribution >= 4 is 55.3 Å². The number of rotatable bonds is 7. The van der Waals surface area contributed by atoms with Crippen molar-refractivity contribution in [2.75, 3.05) is 5.43 Å². The van der Waals surface area contributed by atoms with Crippen LogP contribution < -0.4 is 5.43 Å². The van der Waals surface area contributed by atoms with Gasteiger partial charge in [-0.25, -0.2) is 9.97 Å². The maximum atomic E-state index is 6.88. The van der Waals surface area contributed by atoms with Crippen LogP contribution in [0.15, 0.2) is 29.4 Å². The van der Waals surface area contributed by atoms with Crippen molar-refractivity contribution in [2.24, 2.45) is 57.4 Å². The van der Waals surface area contributed by atoms with E-state index >= 15 is 0 Å². The molecule has 4 aliphatic rings. The molecule has 0 saturated heterocycles. The number of aromatic nitrogens is 3. The zero-order valence-electron chi connectivity index (χ0n) is 26.8. The molecule has 4 aliphatic carbocycles. The van der Waals surface area contributed by atoms with Crippen LogP contribution in [0.25, 0.3) is 21.5 Å². The zero-order valence-corrected chi connectivity index (χ0v) is 28.4. The molecule has 2 aromatic heterocycles. The van der Waals surface area contributed by atoms with E-state index in [9.17, 15) is 0 Å². The molecule has 7 heteroatoms. The summed E-state index contributed by atoms with van der Waals surface area (Å²) in [7, 11) is 0. The summed E-state index contributed by atoms with van der Waals surface area (Å²) in [6.45, 7) is 12.6.